The molecule has 0 bridgehead atoms. The number of aromatic nitrogens is 5. The number of pyridine rings is 1. The molecule has 15 nitrogen and oxygen atoms in total. The lowest BCUT2D eigenvalue weighted by Gasteiger charge is -2.41. The summed E-state index contributed by atoms with van der Waals surface area (Å²) in [5, 5.41) is 17.1. The Bertz CT molecular complexity index is 2380. The number of nitrogens with zero attached hydrogens (tertiary/aromatic N) is 7. The summed E-state index contributed by atoms with van der Waals surface area (Å²) >= 11 is 6.16. The molecule has 2 N–H and O–H groups in total. The lowest BCUT2D eigenvalue weighted by atomic mass is 9.85. The first-order valence-corrected chi connectivity index (χ1v) is 18.3. The summed E-state index contributed by atoms with van der Waals surface area (Å²) in [6.07, 6.45) is -1.35. The predicted molar refractivity (Wildman–Crippen MR) is 193 cm³/mol. The van der Waals surface area contributed by atoms with E-state index in [4.69, 9.17) is 26.1 Å². The molecule has 2 saturated heterocycles. The Morgan fingerprint density at radius 1 is 1.11 bits per heavy atom. The summed E-state index contributed by atoms with van der Waals surface area (Å²) in [7, 11) is 0. The first-order valence-electron chi connectivity index (χ1n) is 18.0. The Morgan fingerprint density at radius 3 is 2.48 bits per heavy atom. The maximum Gasteiger partial charge on any atom is 0.416 e. The molecule has 294 valence electrons. The summed E-state index contributed by atoms with van der Waals surface area (Å²) in [5.74, 6) is -1.16. The molecule has 56 heavy (non-hydrogen) atoms. The molecule has 1 atom stereocenters. The maximum atomic E-state index is 14.5. The van der Waals surface area contributed by atoms with Crippen LogP contribution >= 0.6 is 11.6 Å². The van der Waals surface area contributed by atoms with E-state index in [9.17, 15) is 37.5 Å². The molecule has 0 radical (unpaired) electrons. The number of alkyl halides is 3. The molecule has 7 heterocycles. The highest BCUT2D eigenvalue weighted by molar-refractivity contribution is 6.33. The second kappa shape index (κ2) is 13.7. The van der Waals surface area contributed by atoms with Gasteiger partial charge in [-0.2, -0.15) is 22.7 Å². The quantitative estimate of drug-likeness (QED) is 0.288. The van der Waals surface area contributed by atoms with E-state index in [-0.39, 0.29) is 71.2 Å². The number of benzene rings is 1. The van der Waals surface area contributed by atoms with Gasteiger partial charge in [0.05, 0.1) is 52.3 Å². The van der Waals surface area contributed by atoms with Crippen LogP contribution < -0.4 is 10.9 Å². The molecular weight excluding hydrogens is 761 g/mol. The smallest absolute Gasteiger partial charge is 0.416 e. The Labute approximate surface area is 321 Å². The van der Waals surface area contributed by atoms with Crippen LogP contribution in [0.2, 0.25) is 5.02 Å². The predicted octanol–water partition coefficient (Wildman–Crippen LogP) is 4.18. The fourth-order valence-electron chi connectivity index (χ4n) is 7.92. The van der Waals surface area contributed by atoms with Crippen molar-refractivity contribution in [2.24, 2.45) is 5.41 Å². The number of carbonyl (C=O) groups is 3. The molecule has 19 heteroatoms. The number of anilines is 1. The number of rotatable bonds is 6. The number of fused-ring (bicyclic) bond motifs is 3. The van der Waals surface area contributed by atoms with E-state index < -0.39 is 52.8 Å². The third-order valence-electron chi connectivity index (χ3n) is 10.9. The number of nitrogens with one attached hydrogen (secondary N) is 1. The van der Waals surface area contributed by atoms with Gasteiger partial charge >= 0.3 is 6.18 Å². The summed E-state index contributed by atoms with van der Waals surface area (Å²) in [4.78, 5) is 66.7. The van der Waals surface area contributed by atoms with Crippen LogP contribution in [0.25, 0.3) is 11.4 Å². The first kappa shape index (κ1) is 37.6. The van der Waals surface area contributed by atoms with Crippen molar-refractivity contribution >= 4 is 46.4 Å². The minimum atomic E-state index is -4.64. The second-order valence-corrected chi connectivity index (χ2v) is 15.1. The number of likely N-dealkylation sites (tertiary alicyclic amines) is 1. The number of halogens is 4. The topological polar surface area (TPSA) is 173 Å². The van der Waals surface area contributed by atoms with Crippen LogP contribution in [0, 0.1) is 5.41 Å². The number of amides is 3. The van der Waals surface area contributed by atoms with Crippen LogP contribution in [0.4, 0.5) is 18.9 Å². The third kappa shape index (κ3) is 6.38. The standard InChI is InChI=1S/C37H36ClF3N8O7/c1-20-29-27(36(56-20)9-14-46(15-10-36)32(53)28-25(50)4-3-11-42-28)31(52)49-34(48(29)17-26(51)43-24-6-5-22(16-23(24)38)37(39,40)41)44-30(45-49)21-7-12-47(13-8-21)33(54)35(2)18-55-19-35/h3-7,11,16,20,50H,8-10,12-15,17-19H2,1-2H3,(H,43,51)/t20-/m1/s1. The zero-order chi connectivity index (χ0) is 39.7. The second-order valence-electron chi connectivity index (χ2n) is 14.7. The van der Waals surface area contributed by atoms with Crippen LogP contribution in [0.5, 0.6) is 5.75 Å². The fraction of sp³-hybridized carbons (Fsp3) is 0.432. The lowest BCUT2D eigenvalue weighted by molar-refractivity contribution is -0.168. The summed E-state index contributed by atoms with van der Waals surface area (Å²) in [5.41, 5.74) is -2.10. The van der Waals surface area contributed by atoms with Gasteiger partial charge in [-0.25, -0.2) is 4.98 Å². The van der Waals surface area contributed by atoms with Crippen LogP contribution in [-0.4, -0.2) is 96.2 Å². The molecule has 4 aliphatic rings. The van der Waals surface area contributed by atoms with Crippen molar-refractivity contribution in [1.29, 1.82) is 0 Å². The molecule has 1 aromatic carbocycles. The molecule has 0 saturated carbocycles. The van der Waals surface area contributed by atoms with E-state index in [1.807, 2.05) is 13.0 Å². The van der Waals surface area contributed by atoms with E-state index in [0.717, 1.165) is 22.7 Å². The largest absolute Gasteiger partial charge is 0.505 e. The molecule has 8 rings (SSSR count). The van der Waals surface area contributed by atoms with Crippen molar-refractivity contribution in [3.63, 3.8) is 0 Å². The number of hydrogen-bond acceptors (Lipinski definition) is 10. The van der Waals surface area contributed by atoms with Crippen LogP contribution in [-0.2, 0) is 37.4 Å². The summed E-state index contributed by atoms with van der Waals surface area (Å²) in [6.45, 7) is 4.86. The SMILES string of the molecule is C[C@H]1OC2(CCN(C(=O)c3ncccc3O)CC2)c2c1n(CC(=O)Nc1ccc(C(F)(F)F)cc1Cl)c1nc(C3=CCN(C(=O)C4(C)COC4)CC3)nn1c2=O. The number of hydrogen-bond donors (Lipinski definition) is 2. The van der Waals surface area contributed by atoms with Gasteiger partial charge in [-0.1, -0.05) is 17.7 Å². The van der Waals surface area contributed by atoms with Crippen molar-refractivity contribution in [3.05, 3.63) is 86.3 Å². The Hall–Kier alpha value is -5.33. The van der Waals surface area contributed by atoms with Gasteiger partial charge in [0.25, 0.3) is 11.5 Å². The van der Waals surface area contributed by atoms with E-state index in [2.05, 4.69) is 15.4 Å². The third-order valence-corrected chi connectivity index (χ3v) is 11.2. The van der Waals surface area contributed by atoms with Crippen molar-refractivity contribution in [2.45, 2.75) is 57.5 Å². The minimum absolute atomic E-state index is 0.0128. The Morgan fingerprint density at radius 2 is 1.86 bits per heavy atom. The highest BCUT2D eigenvalue weighted by Crippen LogP contribution is 2.48. The molecule has 3 amide bonds. The van der Waals surface area contributed by atoms with Crippen LogP contribution in [0.1, 0.15) is 72.3 Å². The van der Waals surface area contributed by atoms with Crippen molar-refractivity contribution in [2.75, 3.05) is 44.7 Å². The normalized spacial score (nSPS) is 20.1. The van der Waals surface area contributed by atoms with E-state index in [0.29, 0.717) is 44.0 Å². The zero-order valence-corrected chi connectivity index (χ0v) is 31.0. The highest BCUT2D eigenvalue weighted by Gasteiger charge is 2.51. The van der Waals surface area contributed by atoms with Gasteiger partial charge in [0.15, 0.2) is 11.5 Å². The molecule has 0 unspecified atom stereocenters. The number of aromatic hydroxyl groups is 1. The van der Waals surface area contributed by atoms with E-state index >= 15 is 0 Å². The van der Waals surface area contributed by atoms with Crippen molar-refractivity contribution in [1.82, 2.24) is 33.9 Å². The number of ether oxygens (including phenoxy) is 2. The van der Waals surface area contributed by atoms with E-state index in [1.165, 1.54) is 27.8 Å². The van der Waals surface area contributed by atoms with Gasteiger partial charge in [0, 0.05) is 32.4 Å². The van der Waals surface area contributed by atoms with Crippen molar-refractivity contribution in [3.8, 4) is 5.75 Å². The molecule has 0 aliphatic carbocycles. The molecule has 1 spiro atoms. The van der Waals surface area contributed by atoms with Gasteiger partial charge in [0.1, 0.15) is 17.9 Å². The minimum Gasteiger partial charge on any atom is -0.505 e. The molecule has 4 aliphatic heterocycles. The van der Waals surface area contributed by atoms with E-state index in [1.54, 1.807) is 11.8 Å². The molecule has 3 aromatic heterocycles. The van der Waals surface area contributed by atoms with Gasteiger partial charge in [-0.3, -0.25) is 19.2 Å². The van der Waals surface area contributed by atoms with Crippen molar-refractivity contribution < 1.29 is 42.1 Å². The van der Waals surface area contributed by atoms with Gasteiger partial charge in [-0.15, -0.1) is 5.10 Å². The fourth-order valence-corrected chi connectivity index (χ4v) is 8.14. The first-order chi connectivity index (χ1) is 26.6. The average molecular weight is 797 g/mol. The van der Waals surface area contributed by atoms with Gasteiger partial charge < -0.3 is 34.3 Å². The van der Waals surface area contributed by atoms with Crippen LogP contribution in [0.3, 0.4) is 0 Å². The zero-order valence-electron chi connectivity index (χ0n) is 30.2. The number of piperidine rings is 1. The lowest BCUT2D eigenvalue weighted by Crippen LogP contribution is -2.54. The highest BCUT2D eigenvalue weighted by atomic mass is 35.5. The Kier molecular flexibility index (Phi) is 9.20. The van der Waals surface area contributed by atoms with Gasteiger partial charge in [0.2, 0.25) is 17.6 Å². The monoisotopic (exact) mass is 796 g/mol. The molecule has 2 fully saturated rings. The maximum absolute atomic E-state index is 14.5. The summed E-state index contributed by atoms with van der Waals surface area (Å²) in [6, 6.07) is 5.46. The van der Waals surface area contributed by atoms with Crippen LogP contribution in [0.15, 0.2) is 47.4 Å². The molecular formula is C37H36ClF3N8O7. The van der Waals surface area contributed by atoms with Gasteiger partial charge in [-0.05, 0) is 69.0 Å². The number of carbonyl (C=O) groups excluding carboxylic acids is 3. The average Bonchev–Trinajstić information content (AvgIpc) is 3.73. The summed E-state index contributed by atoms with van der Waals surface area (Å²) < 4.78 is 54.3. The Balaban J connectivity index is 1.15. The molecule has 4 aromatic rings.